The molecule has 1 N–H and O–H groups in total. The molecule has 0 saturated carbocycles. The fraction of sp³-hybridized carbons (Fsp3) is 0.235. The number of para-hydroxylation sites is 1. The minimum atomic E-state index is -3.61. The van der Waals surface area contributed by atoms with Gasteiger partial charge in [0.15, 0.2) is 0 Å². The van der Waals surface area contributed by atoms with Gasteiger partial charge in [0.05, 0.1) is 7.11 Å². The van der Waals surface area contributed by atoms with Gasteiger partial charge in [-0.1, -0.05) is 18.2 Å². The number of nitrogens with zero attached hydrogens (tertiary/aromatic N) is 1. The van der Waals surface area contributed by atoms with E-state index in [1.807, 2.05) is 36.5 Å². The quantitative estimate of drug-likeness (QED) is 0.507. The first-order valence-corrected chi connectivity index (χ1v) is 10.0. The Bertz CT molecular complexity index is 989. The summed E-state index contributed by atoms with van der Waals surface area (Å²) in [6.45, 7) is 1.04. The van der Waals surface area contributed by atoms with Crippen LogP contribution in [0.3, 0.4) is 0 Å². The van der Waals surface area contributed by atoms with Crippen LogP contribution in [0.4, 0.5) is 0 Å². The minimum Gasteiger partial charge on any atom is -0.465 e. The second kappa shape index (κ2) is 7.38. The lowest BCUT2D eigenvalue weighted by molar-refractivity contribution is 0.0606. The highest BCUT2D eigenvalue weighted by Gasteiger charge is 2.19. The number of sulfonamides is 1. The number of aromatic nitrogens is 1. The molecule has 3 rings (SSSR count). The van der Waals surface area contributed by atoms with Crippen LogP contribution in [0, 0.1) is 0 Å². The van der Waals surface area contributed by atoms with Crippen molar-refractivity contribution in [3.05, 3.63) is 53.5 Å². The van der Waals surface area contributed by atoms with E-state index < -0.39 is 16.0 Å². The Balaban J connectivity index is 1.57. The topological polar surface area (TPSA) is 77.4 Å². The van der Waals surface area contributed by atoms with Crippen LogP contribution in [0.2, 0.25) is 0 Å². The fourth-order valence-electron chi connectivity index (χ4n) is 2.54. The molecule has 0 aliphatic rings. The maximum absolute atomic E-state index is 12.3. The van der Waals surface area contributed by atoms with Gasteiger partial charge in [0.25, 0.3) is 0 Å². The number of ether oxygens (including phenoxy) is 1. The summed E-state index contributed by atoms with van der Waals surface area (Å²) in [5.41, 5.74) is 1.13. The lowest BCUT2D eigenvalue weighted by Crippen LogP contribution is -2.24. The van der Waals surface area contributed by atoms with Gasteiger partial charge in [-0.2, -0.15) is 0 Å². The number of thiophene rings is 1. The Morgan fingerprint density at radius 1 is 1.20 bits per heavy atom. The number of esters is 1. The van der Waals surface area contributed by atoms with Gasteiger partial charge in [-0.3, -0.25) is 0 Å². The van der Waals surface area contributed by atoms with E-state index in [1.165, 1.54) is 19.2 Å². The number of carbonyl (C=O) groups is 1. The van der Waals surface area contributed by atoms with E-state index in [-0.39, 0.29) is 9.09 Å². The Hall–Kier alpha value is -2.16. The Labute approximate surface area is 150 Å². The zero-order valence-electron chi connectivity index (χ0n) is 13.6. The van der Waals surface area contributed by atoms with Crippen LogP contribution in [-0.2, 0) is 21.3 Å². The van der Waals surface area contributed by atoms with Crippen molar-refractivity contribution in [3.8, 4) is 0 Å². The average molecular weight is 378 g/mol. The number of hydrogen-bond donors (Lipinski definition) is 1. The molecule has 0 atom stereocenters. The number of nitrogens with one attached hydrogen (secondary N) is 1. The number of aryl methyl sites for hydroxylation is 1. The second-order valence-electron chi connectivity index (χ2n) is 5.43. The van der Waals surface area contributed by atoms with Crippen molar-refractivity contribution in [3.63, 3.8) is 0 Å². The van der Waals surface area contributed by atoms with Crippen molar-refractivity contribution in [2.75, 3.05) is 13.7 Å². The first-order chi connectivity index (χ1) is 12.0. The summed E-state index contributed by atoms with van der Waals surface area (Å²) in [5, 5.41) is 1.16. The predicted molar refractivity (Wildman–Crippen MR) is 97.4 cm³/mol. The summed E-state index contributed by atoms with van der Waals surface area (Å²) in [5.74, 6) is -0.536. The molecular weight excluding hydrogens is 360 g/mol. The molecule has 0 amide bonds. The first-order valence-electron chi connectivity index (χ1n) is 7.73. The van der Waals surface area contributed by atoms with Crippen molar-refractivity contribution >= 4 is 38.2 Å². The molecule has 2 aromatic heterocycles. The van der Waals surface area contributed by atoms with Gasteiger partial charge in [-0.05, 0) is 36.1 Å². The van der Waals surface area contributed by atoms with Crippen LogP contribution in [-0.4, -0.2) is 32.6 Å². The van der Waals surface area contributed by atoms with Crippen molar-refractivity contribution in [1.29, 1.82) is 0 Å². The molecule has 0 spiro atoms. The highest BCUT2D eigenvalue weighted by atomic mass is 32.2. The largest absolute Gasteiger partial charge is 0.465 e. The summed E-state index contributed by atoms with van der Waals surface area (Å²) < 4.78 is 33.9. The molecular formula is C17H18N2O4S2. The molecule has 0 bridgehead atoms. The number of benzene rings is 1. The Morgan fingerprint density at radius 2 is 2.00 bits per heavy atom. The summed E-state index contributed by atoms with van der Waals surface area (Å²) in [4.78, 5) is 11.7. The third kappa shape index (κ3) is 3.92. The monoisotopic (exact) mass is 378 g/mol. The lowest BCUT2D eigenvalue weighted by Gasteiger charge is -2.07. The maximum Gasteiger partial charge on any atom is 0.348 e. The van der Waals surface area contributed by atoms with Crippen LogP contribution in [0.25, 0.3) is 10.9 Å². The molecule has 0 radical (unpaired) electrons. The summed E-state index contributed by atoms with van der Waals surface area (Å²) in [6.07, 6.45) is 2.66. The highest BCUT2D eigenvalue weighted by Crippen LogP contribution is 2.22. The van der Waals surface area contributed by atoms with E-state index in [1.54, 1.807) is 0 Å². The van der Waals surface area contributed by atoms with Crippen LogP contribution in [0.1, 0.15) is 16.1 Å². The lowest BCUT2D eigenvalue weighted by atomic mass is 10.2. The zero-order chi connectivity index (χ0) is 17.9. The molecule has 0 aliphatic carbocycles. The van der Waals surface area contributed by atoms with E-state index in [0.29, 0.717) is 19.5 Å². The number of rotatable bonds is 7. The molecule has 1 aromatic carbocycles. The smallest absolute Gasteiger partial charge is 0.348 e. The van der Waals surface area contributed by atoms with E-state index in [0.717, 1.165) is 22.2 Å². The summed E-state index contributed by atoms with van der Waals surface area (Å²) >= 11 is 0.900. The molecule has 0 aliphatic heterocycles. The molecule has 3 aromatic rings. The van der Waals surface area contributed by atoms with Crippen LogP contribution >= 0.6 is 11.3 Å². The van der Waals surface area contributed by atoms with E-state index in [2.05, 4.69) is 14.0 Å². The Kier molecular flexibility index (Phi) is 5.22. The minimum absolute atomic E-state index is 0.110. The SMILES string of the molecule is COC(=O)c1ccc(S(=O)(=O)NCCCn2ccc3ccccc32)s1. The second-order valence-corrected chi connectivity index (χ2v) is 8.51. The van der Waals surface area contributed by atoms with Gasteiger partial charge < -0.3 is 9.30 Å². The van der Waals surface area contributed by atoms with Gasteiger partial charge in [0.1, 0.15) is 9.09 Å². The van der Waals surface area contributed by atoms with Gasteiger partial charge in [0, 0.05) is 24.8 Å². The van der Waals surface area contributed by atoms with Gasteiger partial charge >= 0.3 is 5.97 Å². The Morgan fingerprint density at radius 3 is 2.80 bits per heavy atom. The van der Waals surface area contributed by atoms with Gasteiger partial charge in [0.2, 0.25) is 10.0 Å². The van der Waals surface area contributed by atoms with E-state index in [4.69, 9.17) is 0 Å². The highest BCUT2D eigenvalue weighted by molar-refractivity contribution is 7.91. The van der Waals surface area contributed by atoms with Crippen molar-refractivity contribution < 1.29 is 17.9 Å². The molecule has 8 heteroatoms. The number of methoxy groups -OCH3 is 1. The molecule has 0 saturated heterocycles. The summed E-state index contributed by atoms with van der Waals surface area (Å²) in [6, 6.07) is 13.0. The molecule has 6 nitrogen and oxygen atoms in total. The normalized spacial score (nSPS) is 11.7. The molecule has 2 heterocycles. The number of hydrogen-bond acceptors (Lipinski definition) is 5. The molecule has 0 unspecified atom stereocenters. The number of fused-ring (bicyclic) bond motifs is 1. The van der Waals surface area contributed by atoms with Crippen molar-refractivity contribution in [1.82, 2.24) is 9.29 Å². The fourth-order valence-corrected chi connectivity index (χ4v) is 4.88. The van der Waals surface area contributed by atoms with E-state index in [9.17, 15) is 13.2 Å². The van der Waals surface area contributed by atoms with Gasteiger partial charge in [-0.25, -0.2) is 17.9 Å². The van der Waals surface area contributed by atoms with Crippen LogP contribution in [0.5, 0.6) is 0 Å². The molecule has 132 valence electrons. The number of carbonyl (C=O) groups excluding carboxylic acids is 1. The molecule has 0 fully saturated rings. The predicted octanol–water partition coefficient (Wildman–Crippen LogP) is 2.86. The molecule has 25 heavy (non-hydrogen) atoms. The first kappa shape index (κ1) is 17.7. The maximum atomic E-state index is 12.3. The zero-order valence-corrected chi connectivity index (χ0v) is 15.3. The van der Waals surface area contributed by atoms with Crippen molar-refractivity contribution in [2.45, 2.75) is 17.2 Å². The van der Waals surface area contributed by atoms with Crippen LogP contribution < -0.4 is 4.72 Å². The summed E-state index contributed by atoms with van der Waals surface area (Å²) in [7, 11) is -2.35. The van der Waals surface area contributed by atoms with Gasteiger partial charge in [-0.15, -0.1) is 11.3 Å². The third-order valence-corrected chi connectivity index (χ3v) is 6.80. The standard InChI is InChI=1S/C17H18N2O4S2/c1-23-17(20)15-7-8-16(24-15)25(21,22)18-10-4-11-19-12-9-13-5-2-3-6-14(13)19/h2-3,5-9,12,18H,4,10-11H2,1H3. The average Bonchev–Trinajstić information content (AvgIpc) is 3.26. The van der Waals surface area contributed by atoms with Crippen LogP contribution in [0.15, 0.2) is 52.9 Å². The van der Waals surface area contributed by atoms with Crippen molar-refractivity contribution in [2.24, 2.45) is 0 Å². The third-order valence-electron chi connectivity index (χ3n) is 3.78. The van der Waals surface area contributed by atoms with E-state index >= 15 is 0 Å².